The van der Waals surface area contributed by atoms with E-state index in [0.717, 1.165) is 10.4 Å². The van der Waals surface area contributed by atoms with Crippen molar-refractivity contribution >= 4 is 31.9 Å². The number of benzene rings is 1. The van der Waals surface area contributed by atoms with Crippen LogP contribution in [0, 0.1) is 5.92 Å². The highest BCUT2D eigenvalue weighted by molar-refractivity contribution is 9.11. The summed E-state index contributed by atoms with van der Waals surface area (Å²) in [7, 11) is 0. The van der Waals surface area contributed by atoms with Gasteiger partial charge in [-0.05, 0) is 50.3 Å². The molecule has 0 spiro atoms. The first-order valence-corrected chi connectivity index (χ1v) is 8.37. The zero-order valence-electron chi connectivity index (χ0n) is 11.0. The van der Waals surface area contributed by atoms with Crippen molar-refractivity contribution in [2.75, 3.05) is 0 Å². The van der Waals surface area contributed by atoms with Crippen molar-refractivity contribution in [1.82, 2.24) is 5.32 Å². The molecule has 1 aromatic carbocycles. The Kier molecular flexibility index (Phi) is 5.28. The van der Waals surface area contributed by atoms with Gasteiger partial charge in [-0.25, -0.2) is 0 Å². The maximum Gasteiger partial charge on any atom is 0.0305 e. The second-order valence-electron chi connectivity index (χ2n) is 5.39. The van der Waals surface area contributed by atoms with E-state index in [2.05, 4.69) is 69.2 Å². The Labute approximate surface area is 127 Å². The van der Waals surface area contributed by atoms with Crippen molar-refractivity contribution in [1.29, 1.82) is 0 Å². The van der Waals surface area contributed by atoms with E-state index in [-0.39, 0.29) is 0 Å². The molecule has 0 aliphatic heterocycles. The summed E-state index contributed by atoms with van der Waals surface area (Å²) >= 11 is 7.15. The van der Waals surface area contributed by atoms with E-state index in [1.807, 2.05) is 0 Å². The van der Waals surface area contributed by atoms with Crippen LogP contribution in [0.1, 0.15) is 51.1 Å². The first-order chi connectivity index (χ1) is 8.58. The molecule has 1 aliphatic carbocycles. The minimum Gasteiger partial charge on any atom is -0.307 e. The number of hydrogen-bond donors (Lipinski definition) is 1. The van der Waals surface area contributed by atoms with Crippen molar-refractivity contribution in [3.63, 3.8) is 0 Å². The monoisotopic (exact) mass is 373 g/mol. The molecule has 1 aliphatic rings. The van der Waals surface area contributed by atoms with E-state index in [1.165, 1.54) is 35.7 Å². The normalized spacial score (nSPS) is 20.0. The van der Waals surface area contributed by atoms with Crippen LogP contribution in [0.3, 0.4) is 0 Å². The van der Waals surface area contributed by atoms with Crippen molar-refractivity contribution in [3.8, 4) is 0 Å². The fourth-order valence-corrected chi connectivity index (χ4v) is 4.32. The number of hydrogen-bond acceptors (Lipinski definition) is 1. The summed E-state index contributed by atoms with van der Waals surface area (Å²) in [4.78, 5) is 0. The van der Waals surface area contributed by atoms with Crippen LogP contribution in [-0.4, -0.2) is 6.04 Å². The Morgan fingerprint density at radius 3 is 2.44 bits per heavy atom. The fraction of sp³-hybridized carbons (Fsp3) is 0.600. The van der Waals surface area contributed by atoms with E-state index in [1.54, 1.807) is 0 Å². The topological polar surface area (TPSA) is 12.0 Å². The molecule has 0 amide bonds. The average Bonchev–Trinajstić information content (AvgIpc) is 2.81. The van der Waals surface area contributed by atoms with Gasteiger partial charge >= 0.3 is 0 Å². The molecule has 0 heterocycles. The summed E-state index contributed by atoms with van der Waals surface area (Å²) in [6, 6.07) is 7.42. The Balaban J connectivity index is 2.00. The van der Waals surface area contributed by atoms with Crippen molar-refractivity contribution in [2.24, 2.45) is 5.92 Å². The average molecular weight is 375 g/mol. The standard InChI is InChI=1S/C15H21Br2N/c1-10(12-5-3-4-6-12)18-11(2)14-8-7-13(16)9-15(14)17/h7-12,18H,3-6H2,1-2H3. The summed E-state index contributed by atoms with van der Waals surface area (Å²) in [6.45, 7) is 4.58. The Morgan fingerprint density at radius 1 is 1.17 bits per heavy atom. The van der Waals surface area contributed by atoms with Crippen LogP contribution < -0.4 is 5.32 Å². The maximum absolute atomic E-state index is 3.75. The highest BCUT2D eigenvalue weighted by Crippen LogP contribution is 2.31. The van der Waals surface area contributed by atoms with Gasteiger partial charge in [-0.2, -0.15) is 0 Å². The van der Waals surface area contributed by atoms with E-state index >= 15 is 0 Å². The lowest BCUT2D eigenvalue weighted by molar-refractivity contribution is 0.352. The van der Waals surface area contributed by atoms with Crippen molar-refractivity contribution in [2.45, 2.75) is 51.6 Å². The van der Waals surface area contributed by atoms with Crippen LogP contribution in [0.4, 0.5) is 0 Å². The first kappa shape index (κ1) is 14.5. The molecule has 1 fully saturated rings. The summed E-state index contributed by atoms with van der Waals surface area (Å²) in [5.41, 5.74) is 1.34. The smallest absolute Gasteiger partial charge is 0.0305 e. The van der Waals surface area contributed by atoms with Crippen LogP contribution in [0.15, 0.2) is 27.1 Å². The molecule has 1 aromatic rings. The Bertz CT molecular complexity index is 399. The summed E-state index contributed by atoms with van der Waals surface area (Å²) in [6.07, 6.45) is 5.60. The van der Waals surface area contributed by atoms with Crippen LogP contribution in [-0.2, 0) is 0 Å². The molecule has 0 radical (unpaired) electrons. The fourth-order valence-electron chi connectivity index (χ4n) is 2.93. The van der Waals surface area contributed by atoms with Gasteiger partial charge in [0.2, 0.25) is 0 Å². The third-order valence-corrected chi connectivity index (χ3v) is 5.23. The summed E-state index contributed by atoms with van der Waals surface area (Å²) in [5.74, 6) is 0.863. The molecule has 100 valence electrons. The van der Waals surface area contributed by atoms with Gasteiger partial charge in [-0.3, -0.25) is 0 Å². The molecule has 1 saturated carbocycles. The quantitative estimate of drug-likeness (QED) is 0.739. The third-order valence-electron chi connectivity index (χ3n) is 4.05. The highest BCUT2D eigenvalue weighted by Gasteiger charge is 2.23. The molecular weight excluding hydrogens is 354 g/mol. The highest BCUT2D eigenvalue weighted by atomic mass is 79.9. The zero-order chi connectivity index (χ0) is 13.1. The lowest BCUT2D eigenvalue weighted by Gasteiger charge is -2.25. The predicted molar refractivity (Wildman–Crippen MR) is 84.8 cm³/mol. The van der Waals surface area contributed by atoms with E-state index in [9.17, 15) is 0 Å². The largest absolute Gasteiger partial charge is 0.307 e. The van der Waals surface area contributed by atoms with Gasteiger partial charge < -0.3 is 5.32 Å². The van der Waals surface area contributed by atoms with E-state index in [4.69, 9.17) is 0 Å². The van der Waals surface area contributed by atoms with Crippen LogP contribution in [0.5, 0.6) is 0 Å². The second kappa shape index (κ2) is 6.53. The van der Waals surface area contributed by atoms with Crippen LogP contribution >= 0.6 is 31.9 Å². The Hall–Kier alpha value is 0.140. The second-order valence-corrected chi connectivity index (χ2v) is 7.16. The molecule has 18 heavy (non-hydrogen) atoms. The van der Waals surface area contributed by atoms with Gasteiger partial charge in [-0.1, -0.05) is 50.8 Å². The predicted octanol–water partition coefficient (Wildman–Crippen LogP) is 5.44. The molecule has 1 nitrogen and oxygen atoms in total. The van der Waals surface area contributed by atoms with Gasteiger partial charge in [-0.15, -0.1) is 0 Å². The number of halogens is 2. The van der Waals surface area contributed by atoms with Crippen molar-refractivity contribution < 1.29 is 0 Å². The molecule has 2 atom stereocenters. The van der Waals surface area contributed by atoms with Gasteiger partial charge in [0.15, 0.2) is 0 Å². The number of rotatable bonds is 4. The summed E-state index contributed by atoms with van der Waals surface area (Å²) < 4.78 is 2.30. The van der Waals surface area contributed by atoms with Gasteiger partial charge in [0, 0.05) is 21.0 Å². The van der Waals surface area contributed by atoms with Crippen LogP contribution in [0.25, 0.3) is 0 Å². The zero-order valence-corrected chi connectivity index (χ0v) is 14.2. The molecule has 2 unspecified atom stereocenters. The molecule has 0 bridgehead atoms. The van der Waals surface area contributed by atoms with Gasteiger partial charge in [0.25, 0.3) is 0 Å². The SMILES string of the molecule is CC(NC(C)C1CCCC1)c1ccc(Br)cc1Br. The minimum absolute atomic E-state index is 0.392. The van der Waals surface area contributed by atoms with Crippen LogP contribution in [0.2, 0.25) is 0 Å². The lowest BCUT2D eigenvalue weighted by Crippen LogP contribution is -2.34. The minimum atomic E-state index is 0.392. The molecule has 1 N–H and O–H groups in total. The van der Waals surface area contributed by atoms with Gasteiger partial charge in [0.05, 0.1) is 0 Å². The lowest BCUT2D eigenvalue weighted by atomic mass is 9.98. The molecule has 0 saturated heterocycles. The molecule has 0 aromatic heterocycles. The molecule has 3 heteroatoms. The van der Waals surface area contributed by atoms with E-state index < -0.39 is 0 Å². The third kappa shape index (κ3) is 3.58. The summed E-state index contributed by atoms with van der Waals surface area (Å²) in [5, 5.41) is 3.75. The molecule has 2 rings (SSSR count). The maximum atomic E-state index is 3.75. The Morgan fingerprint density at radius 2 is 1.83 bits per heavy atom. The van der Waals surface area contributed by atoms with Gasteiger partial charge in [0.1, 0.15) is 0 Å². The van der Waals surface area contributed by atoms with Crippen molar-refractivity contribution in [3.05, 3.63) is 32.7 Å². The first-order valence-electron chi connectivity index (χ1n) is 6.79. The van der Waals surface area contributed by atoms with E-state index in [0.29, 0.717) is 12.1 Å². The molecular formula is C15H21Br2N. The number of nitrogens with one attached hydrogen (secondary N) is 1.